The summed E-state index contributed by atoms with van der Waals surface area (Å²) in [5.74, 6) is 0.847. The number of nitrogens with zero attached hydrogens (tertiary/aromatic N) is 3. The van der Waals surface area contributed by atoms with Gasteiger partial charge in [-0.1, -0.05) is 121 Å². The Morgan fingerprint density at radius 1 is 0.452 bits per heavy atom. The van der Waals surface area contributed by atoms with E-state index in [0.717, 1.165) is 27.9 Å². The molecule has 0 unspecified atom stereocenters. The first kappa shape index (κ1) is 23.4. The molecule has 0 aliphatic rings. The third-order valence-corrected chi connectivity index (χ3v) is 9.54. The van der Waals surface area contributed by atoms with Crippen molar-refractivity contribution < 1.29 is 0 Å². The standard InChI is InChI=1S/C38H23N3S/c1-2-9-24(10-3-1)27-21-22-34-33(23-27)29-11-4-5-13-32(29)38-40-39-37(41(34)38)26-19-17-25(18-20-26)28-14-8-15-31-30-12-6-7-16-35(30)42-36(28)31/h1-23H. The van der Waals surface area contributed by atoms with Crippen LogP contribution in [0.3, 0.4) is 0 Å². The lowest BCUT2D eigenvalue weighted by molar-refractivity contribution is 1.12. The Labute approximate surface area is 245 Å². The van der Waals surface area contributed by atoms with Crippen molar-refractivity contribution in [2.45, 2.75) is 0 Å². The maximum atomic E-state index is 4.74. The molecule has 0 aliphatic heterocycles. The van der Waals surface area contributed by atoms with Gasteiger partial charge in [0.05, 0.1) is 5.52 Å². The van der Waals surface area contributed by atoms with Crippen molar-refractivity contribution in [1.29, 1.82) is 0 Å². The van der Waals surface area contributed by atoms with Crippen LogP contribution in [0.25, 0.3) is 81.1 Å². The van der Waals surface area contributed by atoms with Crippen LogP contribution in [0, 0.1) is 0 Å². The minimum absolute atomic E-state index is 0.847. The molecule has 4 heteroatoms. The van der Waals surface area contributed by atoms with Gasteiger partial charge in [0.25, 0.3) is 0 Å². The molecule has 42 heavy (non-hydrogen) atoms. The van der Waals surface area contributed by atoms with E-state index in [-0.39, 0.29) is 0 Å². The van der Waals surface area contributed by atoms with Crippen LogP contribution >= 0.6 is 11.3 Å². The highest BCUT2D eigenvalue weighted by Gasteiger charge is 2.17. The minimum atomic E-state index is 0.847. The summed E-state index contributed by atoms with van der Waals surface area (Å²) in [6.45, 7) is 0. The van der Waals surface area contributed by atoms with Crippen molar-refractivity contribution >= 4 is 58.8 Å². The van der Waals surface area contributed by atoms with Gasteiger partial charge in [-0.25, -0.2) is 0 Å². The highest BCUT2D eigenvalue weighted by atomic mass is 32.1. The van der Waals surface area contributed by atoms with Crippen molar-refractivity contribution in [3.8, 4) is 33.6 Å². The van der Waals surface area contributed by atoms with Crippen LogP contribution in [0.2, 0.25) is 0 Å². The Balaban J connectivity index is 1.23. The summed E-state index contributed by atoms with van der Waals surface area (Å²) in [6, 6.07) is 49.8. The number of hydrogen-bond donors (Lipinski definition) is 0. The molecule has 0 aliphatic carbocycles. The lowest BCUT2D eigenvalue weighted by Gasteiger charge is -2.12. The highest BCUT2D eigenvalue weighted by Crippen LogP contribution is 2.40. The smallest absolute Gasteiger partial charge is 0.169 e. The van der Waals surface area contributed by atoms with Crippen molar-refractivity contribution in [3.05, 3.63) is 140 Å². The fourth-order valence-corrected chi connectivity index (χ4v) is 7.56. The van der Waals surface area contributed by atoms with E-state index in [4.69, 9.17) is 10.2 Å². The first-order chi connectivity index (χ1) is 20.8. The molecule has 3 nitrogen and oxygen atoms in total. The average molecular weight is 554 g/mol. The van der Waals surface area contributed by atoms with E-state index in [2.05, 4.69) is 144 Å². The zero-order valence-electron chi connectivity index (χ0n) is 22.5. The number of aromatic nitrogens is 3. The monoisotopic (exact) mass is 553 g/mol. The molecule has 3 heterocycles. The van der Waals surface area contributed by atoms with E-state index in [1.54, 1.807) is 0 Å². The zero-order chi connectivity index (χ0) is 27.6. The number of rotatable bonds is 3. The summed E-state index contributed by atoms with van der Waals surface area (Å²) in [7, 11) is 0. The molecule has 196 valence electrons. The van der Waals surface area contributed by atoms with Crippen LogP contribution in [-0.2, 0) is 0 Å². The van der Waals surface area contributed by atoms with Crippen molar-refractivity contribution in [2.75, 3.05) is 0 Å². The SMILES string of the molecule is c1ccc(-c2ccc3c(c2)c2ccccc2c2nnc(-c4ccc(-c5cccc6c5sc5ccccc56)cc4)n32)cc1. The van der Waals surface area contributed by atoms with Gasteiger partial charge in [-0.05, 0) is 45.8 Å². The van der Waals surface area contributed by atoms with Crippen molar-refractivity contribution in [2.24, 2.45) is 0 Å². The van der Waals surface area contributed by atoms with Crippen LogP contribution in [0.1, 0.15) is 0 Å². The van der Waals surface area contributed by atoms with Gasteiger partial charge < -0.3 is 0 Å². The van der Waals surface area contributed by atoms with Crippen molar-refractivity contribution in [3.63, 3.8) is 0 Å². The van der Waals surface area contributed by atoms with Gasteiger partial charge in [-0.2, -0.15) is 0 Å². The lowest BCUT2D eigenvalue weighted by Crippen LogP contribution is -1.95. The topological polar surface area (TPSA) is 30.2 Å². The molecular weight excluding hydrogens is 531 g/mol. The van der Waals surface area contributed by atoms with E-state index in [1.807, 2.05) is 11.3 Å². The molecule has 0 radical (unpaired) electrons. The second-order valence-corrected chi connectivity index (χ2v) is 11.7. The third-order valence-electron chi connectivity index (χ3n) is 8.32. The van der Waals surface area contributed by atoms with Crippen LogP contribution in [0.4, 0.5) is 0 Å². The molecule has 9 rings (SSSR count). The predicted molar refractivity (Wildman–Crippen MR) is 177 cm³/mol. The molecule has 0 fully saturated rings. The van der Waals surface area contributed by atoms with Crippen LogP contribution < -0.4 is 0 Å². The fourth-order valence-electron chi connectivity index (χ4n) is 6.32. The number of thiophene rings is 1. The molecule has 0 spiro atoms. The molecule has 0 saturated heterocycles. The Morgan fingerprint density at radius 3 is 2.00 bits per heavy atom. The molecule has 0 bridgehead atoms. The Bertz CT molecular complexity index is 2450. The van der Waals surface area contributed by atoms with Gasteiger partial charge in [0.1, 0.15) is 0 Å². The van der Waals surface area contributed by atoms with Gasteiger partial charge >= 0.3 is 0 Å². The molecule has 9 aromatic rings. The maximum absolute atomic E-state index is 4.74. The summed E-state index contributed by atoms with van der Waals surface area (Å²) < 4.78 is 4.86. The number of fused-ring (bicyclic) bond motifs is 9. The molecule has 3 aromatic heterocycles. The first-order valence-corrected chi connectivity index (χ1v) is 14.9. The summed E-state index contributed by atoms with van der Waals surface area (Å²) in [4.78, 5) is 0. The summed E-state index contributed by atoms with van der Waals surface area (Å²) in [5, 5.41) is 15.6. The molecule has 0 amide bonds. The molecule has 0 N–H and O–H groups in total. The highest BCUT2D eigenvalue weighted by molar-refractivity contribution is 7.26. The van der Waals surface area contributed by atoms with Crippen LogP contribution in [0.5, 0.6) is 0 Å². The van der Waals surface area contributed by atoms with E-state index >= 15 is 0 Å². The number of hydrogen-bond acceptors (Lipinski definition) is 3. The van der Waals surface area contributed by atoms with E-state index < -0.39 is 0 Å². The molecular formula is C38H23N3S. The summed E-state index contributed by atoms with van der Waals surface area (Å²) >= 11 is 1.86. The first-order valence-electron chi connectivity index (χ1n) is 14.1. The third kappa shape index (κ3) is 3.46. The van der Waals surface area contributed by atoms with Gasteiger partial charge in [0.15, 0.2) is 11.5 Å². The number of pyridine rings is 1. The number of benzene rings is 6. The summed E-state index contributed by atoms with van der Waals surface area (Å²) in [6.07, 6.45) is 0. The Kier molecular flexibility index (Phi) is 5.07. The average Bonchev–Trinajstić information content (AvgIpc) is 3.68. The normalized spacial score (nSPS) is 11.8. The fraction of sp³-hybridized carbons (Fsp3) is 0. The summed E-state index contributed by atoms with van der Waals surface area (Å²) in [5.41, 5.74) is 7.88. The zero-order valence-corrected chi connectivity index (χ0v) is 23.3. The van der Waals surface area contributed by atoms with E-state index in [9.17, 15) is 0 Å². The minimum Gasteiger partial charge on any atom is -0.274 e. The molecule has 0 atom stereocenters. The lowest BCUT2D eigenvalue weighted by atomic mass is 9.99. The second-order valence-electron chi connectivity index (χ2n) is 10.7. The van der Waals surface area contributed by atoms with E-state index in [0.29, 0.717) is 0 Å². The molecule has 0 saturated carbocycles. The van der Waals surface area contributed by atoms with Gasteiger partial charge in [-0.15, -0.1) is 21.5 Å². The van der Waals surface area contributed by atoms with E-state index in [1.165, 1.54) is 53.2 Å². The maximum Gasteiger partial charge on any atom is 0.169 e. The van der Waals surface area contributed by atoms with Crippen LogP contribution in [-0.4, -0.2) is 14.6 Å². The quantitative estimate of drug-likeness (QED) is 0.204. The Hall–Kier alpha value is -5.32. The Morgan fingerprint density at radius 2 is 1.14 bits per heavy atom. The van der Waals surface area contributed by atoms with Crippen LogP contribution in [0.15, 0.2) is 140 Å². The van der Waals surface area contributed by atoms with Gasteiger partial charge in [0.2, 0.25) is 0 Å². The van der Waals surface area contributed by atoms with Crippen molar-refractivity contribution in [1.82, 2.24) is 14.6 Å². The largest absolute Gasteiger partial charge is 0.274 e. The van der Waals surface area contributed by atoms with Gasteiger partial charge in [-0.3, -0.25) is 4.40 Å². The second kappa shape index (κ2) is 9.10. The predicted octanol–water partition coefficient (Wildman–Crippen LogP) is 10.4. The van der Waals surface area contributed by atoms with Gasteiger partial charge in [0, 0.05) is 36.5 Å². The molecule has 6 aromatic carbocycles.